The molecule has 1 aliphatic heterocycles. The molecule has 11 heavy (non-hydrogen) atoms. The second kappa shape index (κ2) is 2.74. The Kier molecular flexibility index (Phi) is 2.00. The fourth-order valence-corrected chi connectivity index (χ4v) is 3.45. The molecular weight excluding hydrogens is 186 g/mol. The van der Waals surface area contributed by atoms with E-state index in [-0.39, 0.29) is 12.2 Å². The first-order valence-electron chi connectivity index (χ1n) is 3.84. The Bertz CT molecular complexity index is 190. The highest BCUT2D eigenvalue weighted by molar-refractivity contribution is 7.81. The maximum Gasteiger partial charge on any atom is 0.424 e. The van der Waals surface area contributed by atoms with Crippen molar-refractivity contribution in [2.45, 2.75) is 37.9 Å². The van der Waals surface area contributed by atoms with Gasteiger partial charge < -0.3 is 0 Å². The largest absolute Gasteiger partial charge is 0.424 e. The lowest BCUT2D eigenvalue weighted by atomic mass is 9.95. The van der Waals surface area contributed by atoms with Gasteiger partial charge in [0, 0.05) is 11.2 Å². The molecule has 0 N–H and O–H groups in total. The summed E-state index contributed by atoms with van der Waals surface area (Å²) in [4.78, 5) is 0. The Morgan fingerprint density at radius 3 is 2.09 bits per heavy atom. The Morgan fingerprint density at radius 1 is 1.18 bits per heavy atom. The molecule has 2 fully saturated rings. The minimum Gasteiger partial charge on any atom is -0.291 e. The third kappa shape index (κ3) is 1.62. The molecule has 0 aromatic rings. The zero-order valence-electron chi connectivity index (χ0n) is 6.03. The van der Waals surface area contributed by atoms with Crippen LogP contribution in [0, 0.1) is 0 Å². The van der Waals surface area contributed by atoms with Crippen LogP contribution in [0.25, 0.3) is 0 Å². The van der Waals surface area contributed by atoms with Crippen molar-refractivity contribution < 1.29 is 13.6 Å². The van der Waals surface area contributed by atoms with Crippen molar-refractivity contribution in [1.29, 1.82) is 0 Å². The van der Waals surface area contributed by atoms with Crippen molar-refractivity contribution in [3.8, 4) is 0 Å². The van der Waals surface area contributed by atoms with Gasteiger partial charge in [0.15, 0.2) is 0 Å². The molecule has 2 atom stereocenters. The Balaban J connectivity index is 2.09. The summed E-state index contributed by atoms with van der Waals surface area (Å²) in [6.07, 6.45) is 4.10. The summed E-state index contributed by atoms with van der Waals surface area (Å²) in [6, 6.07) is 0. The van der Waals surface area contributed by atoms with E-state index in [1.54, 1.807) is 0 Å². The topological polar surface area (TPSA) is 35.5 Å². The van der Waals surface area contributed by atoms with Crippen molar-refractivity contribution in [3.05, 3.63) is 0 Å². The van der Waals surface area contributed by atoms with Gasteiger partial charge in [-0.2, -0.15) is 0 Å². The highest BCUT2D eigenvalue weighted by Crippen LogP contribution is 2.62. The van der Waals surface area contributed by atoms with E-state index in [9.17, 15) is 4.57 Å². The van der Waals surface area contributed by atoms with Crippen molar-refractivity contribution in [3.63, 3.8) is 0 Å². The second-order valence-corrected chi connectivity index (χ2v) is 5.53. The predicted molar refractivity (Wildman–Crippen MR) is 41.7 cm³/mol. The monoisotopic (exact) mass is 196 g/mol. The third-order valence-electron chi connectivity index (χ3n) is 2.16. The molecule has 0 amide bonds. The first kappa shape index (κ1) is 8.06. The first-order valence-corrected chi connectivity index (χ1v) is 6.29. The molecule has 3 nitrogen and oxygen atoms in total. The van der Waals surface area contributed by atoms with Gasteiger partial charge in [-0.15, -0.1) is 0 Å². The highest BCUT2D eigenvalue weighted by Gasteiger charge is 2.44. The van der Waals surface area contributed by atoms with Crippen molar-refractivity contribution >= 4 is 18.2 Å². The van der Waals surface area contributed by atoms with Crippen LogP contribution < -0.4 is 0 Å². The minimum absolute atomic E-state index is 0.00733. The molecule has 1 heterocycles. The summed E-state index contributed by atoms with van der Waals surface area (Å²) in [5, 5.41) is 0. The SMILES string of the molecule is O=P1(Cl)OC2CCCCC2O1. The summed E-state index contributed by atoms with van der Waals surface area (Å²) >= 11 is 5.45. The molecule has 0 radical (unpaired) electrons. The van der Waals surface area contributed by atoms with Gasteiger partial charge in [-0.05, 0) is 12.8 Å². The molecule has 0 bridgehead atoms. The zero-order chi connectivity index (χ0) is 7.90. The molecule has 64 valence electrons. The molecule has 2 rings (SSSR count). The van der Waals surface area contributed by atoms with E-state index in [1.807, 2.05) is 0 Å². The lowest BCUT2D eigenvalue weighted by molar-refractivity contribution is 0.110. The van der Waals surface area contributed by atoms with E-state index in [2.05, 4.69) is 0 Å². The van der Waals surface area contributed by atoms with Crippen LogP contribution >= 0.6 is 18.2 Å². The third-order valence-corrected chi connectivity index (χ3v) is 3.69. The number of hydrogen-bond acceptors (Lipinski definition) is 3. The highest BCUT2D eigenvalue weighted by atomic mass is 35.7. The summed E-state index contributed by atoms with van der Waals surface area (Å²) < 4.78 is 21.2. The Hall–Kier alpha value is 0.440. The average Bonchev–Trinajstić information content (AvgIpc) is 2.21. The van der Waals surface area contributed by atoms with E-state index in [0.717, 1.165) is 25.7 Å². The van der Waals surface area contributed by atoms with E-state index >= 15 is 0 Å². The molecule has 0 aromatic carbocycles. The van der Waals surface area contributed by atoms with E-state index < -0.39 is 6.95 Å². The number of halogens is 1. The van der Waals surface area contributed by atoms with Gasteiger partial charge in [0.05, 0.1) is 12.2 Å². The lowest BCUT2D eigenvalue weighted by Crippen LogP contribution is -2.25. The van der Waals surface area contributed by atoms with Crippen LogP contribution in [0.5, 0.6) is 0 Å². The van der Waals surface area contributed by atoms with Crippen LogP contribution in [0.3, 0.4) is 0 Å². The number of fused-ring (bicyclic) bond motifs is 1. The van der Waals surface area contributed by atoms with Gasteiger partial charge in [0.25, 0.3) is 0 Å². The number of rotatable bonds is 0. The van der Waals surface area contributed by atoms with Gasteiger partial charge in [-0.1, -0.05) is 12.8 Å². The fraction of sp³-hybridized carbons (Fsp3) is 1.00. The molecule has 0 spiro atoms. The standard InChI is InChI=1S/C6H10ClO3P/c7-11(8)9-5-3-1-2-4-6(5)10-11/h5-6H,1-4H2. The van der Waals surface area contributed by atoms with Crippen molar-refractivity contribution in [2.24, 2.45) is 0 Å². The smallest absolute Gasteiger partial charge is 0.291 e. The van der Waals surface area contributed by atoms with E-state index in [4.69, 9.17) is 20.3 Å². The van der Waals surface area contributed by atoms with Crippen molar-refractivity contribution in [2.75, 3.05) is 0 Å². The molecule has 1 saturated carbocycles. The van der Waals surface area contributed by atoms with Gasteiger partial charge in [-0.3, -0.25) is 9.05 Å². The van der Waals surface area contributed by atoms with Crippen LogP contribution in [-0.4, -0.2) is 12.2 Å². The van der Waals surface area contributed by atoms with Crippen LogP contribution in [0.15, 0.2) is 0 Å². The maximum absolute atomic E-state index is 11.1. The summed E-state index contributed by atoms with van der Waals surface area (Å²) in [5.41, 5.74) is 0. The zero-order valence-corrected chi connectivity index (χ0v) is 7.68. The van der Waals surface area contributed by atoms with Crippen LogP contribution in [-0.2, 0) is 13.6 Å². The van der Waals surface area contributed by atoms with Gasteiger partial charge in [0.2, 0.25) is 0 Å². The van der Waals surface area contributed by atoms with E-state index in [0.29, 0.717) is 0 Å². The van der Waals surface area contributed by atoms with Gasteiger partial charge in [-0.25, -0.2) is 4.57 Å². The van der Waals surface area contributed by atoms with Crippen LogP contribution in [0.1, 0.15) is 25.7 Å². The molecule has 2 aliphatic rings. The minimum atomic E-state index is -3.18. The molecule has 0 aromatic heterocycles. The Labute approximate surface area is 70.3 Å². The molecular formula is C6H10ClO3P. The lowest BCUT2D eigenvalue weighted by Gasteiger charge is -2.20. The van der Waals surface area contributed by atoms with Crippen LogP contribution in [0.2, 0.25) is 0 Å². The summed E-state index contributed by atoms with van der Waals surface area (Å²) in [6.45, 7) is -3.18. The molecule has 1 saturated heterocycles. The maximum atomic E-state index is 11.1. The quantitative estimate of drug-likeness (QED) is 0.559. The summed E-state index contributed by atoms with van der Waals surface area (Å²) in [5.74, 6) is 0. The first-order chi connectivity index (χ1) is 5.17. The van der Waals surface area contributed by atoms with Crippen LogP contribution in [0.4, 0.5) is 0 Å². The van der Waals surface area contributed by atoms with E-state index in [1.165, 1.54) is 0 Å². The predicted octanol–water partition coefficient (Wildman–Crippen LogP) is 2.69. The number of hydrogen-bond donors (Lipinski definition) is 0. The molecule has 1 aliphatic carbocycles. The normalized spacial score (nSPS) is 50.6. The molecule has 5 heteroatoms. The van der Waals surface area contributed by atoms with Crippen molar-refractivity contribution in [1.82, 2.24) is 0 Å². The molecule has 2 unspecified atom stereocenters. The van der Waals surface area contributed by atoms with Gasteiger partial charge >= 0.3 is 6.95 Å². The average molecular weight is 197 g/mol. The van der Waals surface area contributed by atoms with Gasteiger partial charge in [0.1, 0.15) is 0 Å². The second-order valence-electron chi connectivity index (χ2n) is 3.00. The fourth-order valence-electron chi connectivity index (χ4n) is 1.65. The summed E-state index contributed by atoms with van der Waals surface area (Å²) in [7, 11) is 0. The Morgan fingerprint density at radius 2 is 1.64 bits per heavy atom.